The van der Waals surface area contributed by atoms with E-state index < -0.39 is 0 Å². The molecule has 0 atom stereocenters. The minimum absolute atomic E-state index is 0.200. The van der Waals surface area contributed by atoms with Gasteiger partial charge >= 0.3 is 0 Å². The molecule has 5 heteroatoms. The van der Waals surface area contributed by atoms with Gasteiger partial charge in [-0.2, -0.15) is 0 Å². The first-order valence-electron chi connectivity index (χ1n) is 5.63. The van der Waals surface area contributed by atoms with Gasteiger partial charge in [-0.3, -0.25) is 4.79 Å². The van der Waals surface area contributed by atoms with Crippen LogP contribution in [0.15, 0.2) is 31.0 Å². The van der Waals surface area contributed by atoms with Crippen molar-refractivity contribution in [1.29, 1.82) is 0 Å². The average Bonchev–Trinajstić information content (AvgIpc) is 2.38. The van der Waals surface area contributed by atoms with E-state index in [9.17, 15) is 4.79 Å². The van der Waals surface area contributed by atoms with Gasteiger partial charge in [-0.25, -0.2) is 0 Å². The van der Waals surface area contributed by atoms with Gasteiger partial charge in [0.1, 0.15) is 5.75 Å². The third kappa shape index (κ3) is 4.01. The monoisotopic (exact) mass is 250 g/mol. The molecule has 1 aromatic rings. The van der Waals surface area contributed by atoms with Crippen molar-refractivity contribution in [2.45, 2.75) is 6.42 Å². The highest BCUT2D eigenvalue weighted by atomic mass is 16.5. The molecule has 0 heterocycles. The van der Waals surface area contributed by atoms with E-state index in [1.165, 1.54) is 6.26 Å². The number of ether oxygens (including phenoxy) is 2. The minimum Gasteiger partial charge on any atom is -0.502 e. The number of hydrogen-bond acceptors (Lipinski definition) is 4. The highest BCUT2D eigenvalue weighted by Crippen LogP contribution is 2.19. The Morgan fingerprint density at radius 1 is 1.56 bits per heavy atom. The average molecular weight is 250 g/mol. The second kappa shape index (κ2) is 7.21. The predicted octanol–water partition coefficient (Wildman–Crippen LogP) is 1.56. The van der Waals surface area contributed by atoms with Gasteiger partial charge in [0.2, 0.25) is 0 Å². The fourth-order valence-corrected chi connectivity index (χ4v) is 1.41. The van der Waals surface area contributed by atoms with E-state index in [1.54, 1.807) is 25.3 Å². The maximum Gasteiger partial charge on any atom is 0.253 e. The normalized spacial score (nSPS) is 9.61. The summed E-state index contributed by atoms with van der Waals surface area (Å²) in [5.74, 6) is 0.428. The van der Waals surface area contributed by atoms with Crippen molar-refractivity contribution in [3.05, 3.63) is 36.6 Å². The van der Waals surface area contributed by atoms with Crippen molar-refractivity contribution < 1.29 is 14.3 Å². The maximum atomic E-state index is 11.8. The smallest absolute Gasteiger partial charge is 0.253 e. The molecule has 3 N–H and O–H groups in total. The van der Waals surface area contributed by atoms with Crippen LogP contribution in [0.25, 0.3) is 0 Å². The zero-order chi connectivity index (χ0) is 13.4. The molecule has 0 saturated carbocycles. The number of hydrogen-bond donors (Lipinski definition) is 2. The summed E-state index contributed by atoms with van der Waals surface area (Å²) in [7, 11) is 1.55. The molecule has 0 radical (unpaired) electrons. The van der Waals surface area contributed by atoms with Crippen LogP contribution in [0.3, 0.4) is 0 Å². The molecule has 0 aliphatic heterocycles. The van der Waals surface area contributed by atoms with E-state index in [1.807, 2.05) is 0 Å². The van der Waals surface area contributed by atoms with Crippen LogP contribution in [0.1, 0.15) is 16.8 Å². The van der Waals surface area contributed by atoms with Crippen LogP contribution in [0, 0.1) is 0 Å². The van der Waals surface area contributed by atoms with Crippen molar-refractivity contribution in [3.8, 4) is 5.75 Å². The molecule has 1 aromatic carbocycles. The van der Waals surface area contributed by atoms with E-state index in [0.717, 1.165) is 0 Å². The summed E-state index contributed by atoms with van der Waals surface area (Å²) in [4.78, 5) is 11.8. The van der Waals surface area contributed by atoms with Crippen LogP contribution in [0.4, 0.5) is 5.69 Å². The van der Waals surface area contributed by atoms with Gasteiger partial charge in [0, 0.05) is 18.3 Å². The molecule has 0 unspecified atom stereocenters. The highest BCUT2D eigenvalue weighted by molar-refractivity contribution is 5.99. The van der Waals surface area contributed by atoms with E-state index >= 15 is 0 Å². The van der Waals surface area contributed by atoms with Gasteiger partial charge in [0.25, 0.3) is 5.91 Å². The first-order valence-corrected chi connectivity index (χ1v) is 5.63. The molecule has 0 bridgehead atoms. The Morgan fingerprint density at radius 2 is 2.33 bits per heavy atom. The van der Waals surface area contributed by atoms with Crippen LogP contribution in [-0.4, -0.2) is 26.2 Å². The molecule has 0 saturated heterocycles. The molecule has 1 rings (SSSR count). The molecule has 5 nitrogen and oxygen atoms in total. The number of methoxy groups -OCH3 is 1. The third-order valence-electron chi connectivity index (χ3n) is 2.35. The summed E-state index contributed by atoms with van der Waals surface area (Å²) in [6.07, 6.45) is 2.09. The first kappa shape index (κ1) is 13.9. The van der Waals surface area contributed by atoms with Crippen molar-refractivity contribution in [2.75, 3.05) is 26.0 Å². The molecule has 0 aliphatic carbocycles. The Bertz CT molecular complexity index is 419. The van der Waals surface area contributed by atoms with Crippen molar-refractivity contribution in [3.63, 3.8) is 0 Å². The molecular weight excluding hydrogens is 232 g/mol. The lowest BCUT2D eigenvalue weighted by atomic mass is 10.1. The predicted molar refractivity (Wildman–Crippen MR) is 70.5 cm³/mol. The molecule has 18 heavy (non-hydrogen) atoms. The van der Waals surface area contributed by atoms with Crippen molar-refractivity contribution >= 4 is 11.6 Å². The third-order valence-corrected chi connectivity index (χ3v) is 2.35. The molecule has 0 spiro atoms. The van der Waals surface area contributed by atoms with E-state index in [2.05, 4.69) is 11.9 Å². The Labute approximate surface area is 107 Å². The SMILES string of the molecule is C=COCCCNC(=O)c1ccc(OC)cc1N. The summed E-state index contributed by atoms with van der Waals surface area (Å²) >= 11 is 0. The fourth-order valence-electron chi connectivity index (χ4n) is 1.41. The van der Waals surface area contributed by atoms with E-state index in [4.69, 9.17) is 15.2 Å². The van der Waals surface area contributed by atoms with Gasteiger partial charge in [-0.1, -0.05) is 6.58 Å². The zero-order valence-corrected chi connectivity index (χ0v) is 10.4. The van der Waals surface area contributed by atoms with Crippen molar-refractivity contribution in [2.24, 2.45) is 0 Å². The molecule has 98 valence electrons. The van der Waals surface area contributed by atoms with Crippen LogP contribution in [0.2, 0.25) is 0 Å². The maximum absolute atomic E-state index is 11.8. The number of nitrogens with two attached hydrogens (primary N) is 1. The van der Waals surface area contributed by atoms with Gasteiger partial charge in [-0.05, 0) is 18.6 Å². The van der Waals surface area contributed by atoms with Crippen LogP contribution >= 0.6 is 0 Å². The molecule has 0 aromatic heterocycles. The summed E-state index contributed by atoms with van der Waals surface area (Å²) in [5.41, 5.74) is 6.61. The lowest BCUT2D eigenvalue weighted by molar-refractivity contribution is 0.0951. The Balaban J connectivity index is 2.48. The summed E-state index contributed by atoms with van der Waals surface area (Å²) < 4.78 is 9.96. The number of carbonyl (C=O) groups excluding carboxylic acids is 1. The number of rotatable bonds is 7. The van der Waals surface area contributed by atoms with Crippen LogP contribution in [-0.2, 0) is 4.74 Å². The standard InChI is InChI=1S/C13H18N2O3/c1-3-18-8-4-7-15-13(16)11-6-5-10(17-2)9-12(11)14/h3,5-6,9H,1,4,7-8,14H2,2H3,(H,15,16). The Kier molecular flexibility index (Phi) is 5.57. The largest absolute Gasteiger partial charge is 0.502 e. The van der Waals surface area contributed by atoms with Gasteiger partial charge in [-0.15, -0.1) is 0 Å². The number of nitrogens with one attached hydrogen (secondary N) is 1. The van der Waals surface area contributed by atoms with E-state index in [-0.39, 0.29) is 5.91 Å². The minimum atomic E-state index is -0.200. The number of nitrogen functional groups attached to an aromatic ring is 1. The van der Waals surface area contributed by atoms with E-state index in [0.29, 0.717) is 36.6 Å². The summed E-state index contributed by atoms with van der Waals surface area (Å²) in [5, 5.41) is 2.76. The quantitative estimate of drug-likeness (QED) is 0.437. The highest BCUT2D eigenvalue weighted by Gasteiger charge is 2.09. The topological polar surface area (TPSA) is 73.6 Å². The summed E-state index contributed by atoms with van der Waals surface area (Å²) in [6.45, 7) is 4.49. The second-order valence-corrected chi connectivity index (χ2v) is 3.60. The molecule has 1 amide bonds. The van der Waals surface area contributed by atoms with Crippen LogP contribution < -0.4 is 15.8 Å². The Hall–Kier alpha value is -2.17. The van der Waals surface area contributed by atoms with Gasteiger partial charge < -0.3 is 20.5 Å². The van der Waals surface area contributed by atoms with Gasteiger partial charge in [0.15, 0.2) is 0 Å². The number of amides is 1. The second-order valence-electron chi connectivity index (χ2n) is 3.60. The summed E-state index contributed by atoms with van der Waals surface area (Å²) in [6, 6.07) is 4.96. The molecule has 0 fully saturated rings. The lowest BCUT2D eigenvalue weighted by Crippen LogP contribution is -2.26. The Morgan fingerprint density at radius 3 is 2.94 bits per heavy atom. The lowest BCUT2D eigenvalue weighted by Gasteiger charge is -2.08. The van der Waals surface area contributed by atoms with Crippen LogP contribution in [0.5, 0.6) is 5.75 Å². The fraction of sp³-hybridized carbons (Fsp3) is 0.308. The first-order chi connectivity index (χ1) is 8.69. The zero-order valence-electron chi connectivity index (χ0n) is 10.4. The van der Waals surface area contributed by atoms with Crippen molar-refractivity contribution in [1.82, 2.24) is 5.32 Å². The number of carbonyl (C=O) groups is 1. The number of anilines is 1. The molecular formula is C13H18N2O3. The molecule has 0 aliphatic rings. The number of benzene rings is 1. The van der Waals surface area contributed by atoms with Gasteiger partial charge in [0.05, 0.1) is 25.5 Å².